The fourth-order valence-corrected chi connectivity index (χ4v) is 3.58. The Balaban J connectivity index is 1.46. The number of nitrogens with one attached hydrogen (secondary N) is 1. The van der Waals surface area contributed by atoms with Crippen LogP contribution in [-0.4, -0.2) is 60.7 Å². The lowest BCUT2D eigenvalue weighted by Crippen LogP contribution is -2.41. The van der Waals surface area contributed by atoms with Gasteiger partial charge in [0.05, 0.1) is 13.2 Å². The van der Waals surface area contributed by atoms with Crippen molar-refractivity contribution in [1.29, 1.82) is 0 Å². The zero-order valence-electron chi connectivity index (χ0n) is 17.7. The number of aliphatic hydroxyl groups is 2. The minimum absolute atomic E-state index is 0.142. The summed E-state index contributed by atoms with van der Waals surface area (Å²) in [6.45, 7) is 3.10. The zero-order chi connectivity index (χ0) is 22.2. The summed E-state index contributed by atoms with van der Waals surface area (Å²) in [5.74, 6) is -0.619. The molecule has 2 aromatic carbocycles. The normalized spacial score (nSPS) is 16.3. The summed E-state index contributed by atoms with van der Waals surface area (Å²) < 4.78 is 37.5. The van der Waals surface area contributed by atoms with Crippen molar-refractivity contribution in [3.05, 3.63) is 59.2 Å². The van der Waals surface area contributed by atoms with Crippen LogP contribution in [0.3, 0.4) is 0 Å². The summed E-state index contributed by atoms with van der Waals surface area (Å²) >= 11 is 0. The number of ether oxygens (including phenoxy) is 2. The van der Waals surface area contributed by atoms with E-state index in [4.69, 9.17) is 9.47 Å². The number of piperidine rings is 1. The van der Waals surface area contributed by atoms with E-state index in [2.05, 4.69) is 10.2 Å². The minimum atomic E-state index is -0.859. The molecule has 0 spiro atoms. The molecule has 1 saturated heterocycles. The third-order valence-corrected chi connectivity index (χ3v) is 5.33. The standard InChI is InChI=1S/C23H30F2N2O4/c1-30-23-11-17(13-26-12-16-2-4-20(24)21(25)10-16)3-5-22(23)31-15-19(29)14-27-8-6-18(28)7-9-27/h2-5,10-11,18-19,26,28-29H,6-9,12-15H2,1H3. The van der Waals surface area contributed by atoms with Crippen molar-refractivity contribution in [2.45, 2.75) is 38.1 Å². The second kappa shape index (κ2) is 11.4. The molecule has 1 aliphatic rings. The highest BCUT2D eigenvalue weighted by Gasteiger charge is 2.20. The maximum absolute atomic E-state index is 13.3. The van der Waals surface area contributed by atoms with Crippen LogP contribution in [0.15, 0.2) is 36.4 Å². The van der Waals surface area contributed by atoms with E-state index in [1.165, 1.54) is 6.07 Å². The highest BCUT2D eigenvalue weighted by atomic mass is 19.2. The van der Waals surface area contributed by atoms with Crippen molar-refractivity contribution < 1.29 is 28.5 Å². The van der Waals surface area contributed by atoms with Gasteiger partial charge in [-0.05, 0) is 48.2 Å². The summed E-state index contributed by atoms with van der Waals surface area (Å²) in [5.41, 5.74) is 1.60. The molecular formula is C23H30F2N2O4. The molecule has 0 bridgehead atoms. The topological polar surface area (TPSA) is 74.2 Å². The predicted octanol–water partition coefficient (Wildman–Crippen LogP) is 2.46. The molecular weight excluding hydrogens is 406 g/mol. The van der Waals surface area contributed by atoms with E-state index >= 15 is 0 Å². The monoisotopic (exact) mass is 436 g/mol. The largest absolute Gasteiger partial charge is 0.493 e. The lowest BCUT2D eigenvalue weighted by atomic mass is 10.1. The molecule has 2 aromatic rings. The first-order valence-electron chi connectivity index (χ1n) is 10.5. The van der Waals surface area contributed by atoms with Crippen LogP contribution < -0.4 is 14.8 Å². The van der Waals surface area contributed by atoms with E-state index in [0.717, 1.165) is 37.6 Å². The van der Waals surface area contributed by atoms with Gasteiger partial charge in [-0.25, -0.2) is 8.78 Å². The molecule has 170 valence electrons. The third-order valence-electron chi connectivity index (χ3n) is 5.33. The molecule has 1 aliphatic heterocycles. The molecule has 0 radical (unpaired) electrons. The molecule has 0 aliphatic carbocycles. The van der Waals surface area contributed by atoms with Crippen LogP contribution in [0.2, 0.25) is 0 Å². The van der Waals surface area contributed by atoms with E-state index < -0.39 is 17.7 Å². The van der Waals surface area contributed by atoms with E-state index in [0.29, 0.717) is 36.7 Å². The average Bonchev–Trinajstić information content (AvgIpc) is 2.76. The second-order valence-corrected chi connectivity index (χ2v) is 7.83. The minimum Gasteiger partial charge on any atom is -0.493 e. The third kappa shape index (κ3) is 7.14. The van der Waals surface area contributed by atoms with Gasteiger partial charge in [0.1, 0.15) is 12.7 Å². The molecule has 6 nitrogen and oxygen atoms in total. The van der Waals surface area contributed by atoms with E-state index in [1.54, 1.807) is 19.2 Å². The molecule has 0 amide bonds. The number of hydrogen-bond acceptors (Lipinski definition) is 6. The first-order chi connectivity index (χ1) is 14.9. The Kier molecular flexibility index (Phi) is 8.60. The maximum atomic E-state index is 13.3. The smallest absolute Gasteiger partial charge is 0.161 e. The van der Waals surface area contributed by atoms with Crippen LogP contribution in [0.1, 0.15) is 24.0 Å². The summed E-state index contributed by atoms with van der Waals surface area (Å²) in [5, 5.41) is 23.0. The SMILES string of the molecule is COc1cc(CNCc2ccc(F)c(F)c2)ccc1OCC(O)CN1CCC(O)CC1. The number of hydrogen-bond donors (Lipinski definition) is 3. The highest BCUT2D eigenvalue weighted by molar-refractivity contribution is 5.43. The van der Waals surface area contributed by atoms with Gasteiger partial charge >= 0.3 is 0 Å². The molecule has 3 rings (SSSR count). The van der Waals surface area contributed by atoms with Gasteiger partial charge in [-0.3, -0.25) is 0 Å². The van der Waals surface area contributed by atoms with Crippen molar-refractivity contribution in [1.82, 2.24) is 10.2 Å². The highest BCUT2D eigenvalue weighted by Crippen LogP contribution is 2.28. The summed E-state index contributed by atoms with van der Waals surface area (Å²) in [6.07, 6.45) is 0.580. The first-order valence-corrected chi connectivity index (χ1v) is 10.5. The lowest BCUT2D eigenvalue weighted by molar-refractivity contribution is 0.0333. The quantitative estimate of drug-likeness (QED) is 0.532. The van der Waals surface area contributed by atoms with Crippen LogP contribution in [0.5, 0.6) is 11.5 Å². The number of nitrogens with zero attached hydrogens (tertiary/aromatic N) is 1. The number of halogens is 2. The van der Waals surface area contributed by atoms with Crippen molar-refractivity contribution in [3.63, 3.8) is 0 Å². The van der Waals surface area contributed by atoms with Gasteiger partial charge in [0.2, 0.25) is 0 Å². The number of rotatable bonds is 10. The molecule has 0 aromatic heterocycles. The lowest BCUT2D eigenvalue weighted by Gasteiger charge is -2.30. The average molecular weight is 436 g/mol. The van der Waals surface area contributed by atoms with Crippen LogP contribution in [-0.2, 0) is 13.1 Å². The number of aliphatic hydroxyl groups excluding tert-OH is 2. The Morgan fingerprint density at radius 2 is 1.71 bits per heavy atom. The van der Waals surface area contributed by atoms with Crippen molar-refractivity contribution >= 4 is 0 Å². The van der Waals surface area contributed by atoms with Gasteiger partial charge in [-0.1, -0.05) is 12.1 Å². The van der Waals surface area contributed by atoms with Crippen LogP contribution in [0.25, 0.3) is 0 Å². The van der Waals surface area contributed by atoms with Gasteiger partial charge in [0.25, 0.3) is 0 Å². The van der Waals surface area contributed by atoms with Crippen LogP contribution >= 0.6 is 0 Å². The first kappa shape index (κ1) is 23.4. The Morgan fingerprint density at radius 3 is 2.39 bits per heavy atom. The molecule has 3 N–H and O–H groups in total. The number of methoxy groups -OCH3 is 1. The van der Waals surface area contributed by atoms with E-state index in [-0.39, 0.29) is 12.7 Å². The molecule has 1 unspecified atom stereocenters. The second-order valence-electron chi connectivity index (χ2n) is 7.83. The summed E-state index contributed by atoms with van der Waals surface area (Å²) in [7, 11) is 1.55. The van der Waals surface area contributed by atoms with Crippen molar-refractivity contribution in [2.75, 3.05) is 33.4 Å². The Labute approximate surface area is 181 Å². The maximum Gasteiger partial charge on any atom is 0.161 e. The van der Waals surface area contributed by atoms with Gasteiger partial charge in [0.15, 0.2) is 23.1 Å². The van der Waals surface area contributed by atoms with Gasteiger partial charge in [0, 0.05) is 32.7 Å². The molecule has 1 heterocycles. The van der Waals surface area contributed by atoms with Gasteiger partial charge < -0.3 is 29.9 Å². The van der Waals surface area contributed by atoms with Crippen LogP contribution in [0.4, 0.5) is 8.78 Å². The Hall–Kier alpha value is -2.26. The molecule has 1 fully saturated rings. The number of benzene rings is 2. The van der Waals surface area contributed by atoms with Gasteiger partial charge in [-0.15, -0.1) is 0 Å². The number of likely N-dealkylation sites (tertiary alicyclic amines) is 1. The fourth-order valence-electron chi connectivity index (χ4n) is 3.58. The Morgan fingerprint density at radius 1 is 1.03 bits per heavy atom. The Bertz CT molecular complexity index is 844. The molecule has 8 heteroatoms. The van der Waals surface area contributed by atoms with E-state index in [1.807, 2.05) is 12.1 Å². The number of β-amino-alcohol motifs (C(OH)–C–C–N with tert-alkyl or cyclic N) is 1. The van der Waals surface area contributed by atoms with E-state index in [9.17, 15) is 19.0 Å². The van der Waals surface area contributed by atoms with Crippen LogP contribution in [0, 0.1) is 11.6 Å². The van der Waals surface area contributed by atoms with Gasteiger partial charge in [-0.2, -0.15) is 0 Å². The van der Waals surface area contributed by atoms with Crippen molar-refractivity contribution in [2.24, 2.45) is 0 Å². The summed E-state index contributed by atoms with van der Waals surface area (Å²) in [4.78, 5) is 2.12. The molecule has 31 heavy (non-hydrogen) atoms. The summed E-state index contributed by atoms with van der Waals surface area (Å²) in [6, 6.07) is 9.35. The molecule has 1 atom stereocenters. The zero-order valence-corrected chi connectivity index (χ0v) is 17.7. The molecule has 0 saturated carbocycles. The fraction of sp³-hybridized carbons (Fsp3) is 0.478. The predicted molar refractivity (Wildman–Crippen MR) is 113 cm³/mol. The van der Waals surface area contributed by atoms with Crippen molar-refractivity contribution in [3.8, 4) is 11.5 Å².